The number of alkyl halides is 1. The number of hydrogen-bond acceptors (Lipinski definition) is 7. The molecule has 3 N–H and O–H groups in total. The van der Waals surface area contributed by atoms with Crippen molar-refractivity contribution in [2.75, 3.05) is 38.8 Å². The summed E-state index contributed by atoms with van der Waals surface area (Å²) >= 11 is 0. The van der Waals surface area contributed by atoms with Crippen LogP contribution in [-0.2, 0) is 27.7 Å². The maximum absolute atomic E-state index is 13.8. The van der Waals surface area contributed by atoms with E-state index in [9.17, 15) is 22.7 Å². The zero-order valence-electron chi connectivity index (χ0n) is 23.8. The van der Waals surface area contributed by atoms with Gasteiger partial charge in [0.1, 0.15) is 16.7 Å². The number of nitrogens with zero attached hydrogens (tertiary/aromatic N) is 2. The molecule has 2 aromatic carbocycles. The lowest BCUT2D eigenvalue weighted by atomic mass is 9.93. The highest BCUT2D eigenvalue weighted by molar-refractivity contribution is 7.89. The SMILES string of the molecule is COc1ccc(C[C@H](NS(=O)(=O)c2cnccc2N[C@H](CO)Cc2ccccc2)C(=O)N2CCC(CCF)CC2)cc1. The molecule has 226 valence electrons. The lowest BCUT2D eigenvalue weighted by Crippen LogP contribution is -2.51. The Morgan fingerprint density at radius 2 is 1.76 bits per heavy atom. The highest BCUT2D eigenvalue weighted by Crippen LogP contribution is 2.25. The van der Waals surface area contributed by atoms with Crippen LogP contribution in [0.1, 0.15) is 30.4 Å². The van der Waals surface area contributed by atoms with E-state index in [0.29, 0.717) is 44.5 Å². The number of aliphatic hydroxyl groups is 1. The van der Waals surface area contributed by atoms with Crippen molar-refractivity contribution in [1.29, 1.82) is 0 Å². The highest BCUT2D eigenvalue weighted by Gasteiger charge is 2.33. The van der Waals surface area contributed by atoms with E-state index in [4.69, 9.17) is 4.74 Å². The van der Waals surface area contributed by atoms with E-state index in [1.54, 1.807) is 36.3 Å². The number of likely N-dealkylation sites (tertiary alicyclic amines) is 1. The molecular weight excluding hydrogens is 559 g/mol. The number of rotatable bonds is 14. The molecule has 0 unspecified atom stereocenters. The molecular formula is C31H39FN4O5S. The number of hydrogen-bond donors (Lipinski definition) is 3. The summed E-state index contributed by atoms with van der Waals surface area (Å²) in [5, 5.41) is 13.2. The van der Waals surface area contributed by atoms with Gasteiger partial charge in [0.05, 0.1) is 32.1 Å². The molecule has 0 spiro atoms. The molecule has 3 aromatic rings. The highest BCUT2D eigenvalue weighted by atomic mass is 32.2. The molecule has 1 amide bonds. The fourth-order valence-corrected chi connectivity index (χ4v) is 6.54. The molecule has 1 fully saturated rings. The first-order valence-corrected chi connectivity index (χ1v) is 15.7. The number of piperidine rings is 1. The van der Waals surface area contributed by atoms with Gasteiger partial charge in [0.25, 0.3) is 0 Å². The maximum atomic E-state index is 13.8. The monoisotopic (exact) mass is 598 g/mol. The van der Waals surface area contributed by atoms with Crippen molar-refractivity contribution in [2.24, 2.45) is 5.92 Å². The first-order valence-electron chi connectivity index (χ1n) is 14.2. The summed E-state index contributed by atoms with van der Waals surface area (Å²) in [7, 11) is -2.67. The number of benzene rings is 2. The number of pyridine rings is 1. The first kappa shape index (κ1) is 31.4. The van der Waals surface area contributed by atoms with Crippen LogP contribution in [0.3, 0.4) is 0 Å². The van der Waals surface area contributed by atoms with E-state index >= 15 is 0 Å². The number of sulfonamides is 1. The van der Waals surface area contributed by atoms with Crippen LogP contribution in [-0.4, -0.2) is 74.9 Å². The number of nitrogens with one attached hydrogen (secondary N) is 2. The van der Waals surface area contributed by atoms with Gasteiger partial charge < -0.3 is 20.1 Å². The number of aromatic nitrogens is 1. The van der Waals surface area contributed by atoms with Crippen molar-refractivity contribution in [3.8, 4) is 5.75 Å². The average molecular weight is 599 g/mol. The summed E-state index contributed by atoms with van der Waals surface area (Å²) in [6.07, 6.45) is 5.14. The molecule has 9 nitrogen and oxygen atoms in total. The molecule has 1 saturated heterocycles. The third kappa shape index (κ3) is 8.50. The number of carbonyl (C=O) groups is 1. The van der Waals surface area contributed by atoms with Crippen molar-refractivity contribution in [3.63, 3.8) is 0 Å². The third-order valence-electron chi connectivity index (χ3n) is 7.62. The molecule has 1 aliphatic rings. The predicted molar refractivity (Wildman–Crippen MR) is 160 cm³/mol. The summed E-state index contributed by atoms with van der Waals surface area (Å²) in [6, 6.07) is 16.7. The van der Waals surface area contributed by atoms with Crippen LogP contribution >= 0.6 is 0 Å². The van der Waals surface area contributed by atoms with Crippen LogP contribution in [0.5, 0.6) is 5.75 Å². The Hall–Kier alpha value is -3.54. The van der Waals surface area contributed by atoms with Crippen molar-refractivity contribution in [3.05, 3.63) is 84.2 Å². The molecule has 4 rings (SSSR count). The predicted octanol–water partition coefficient (Wildman–Crippen LogP) is 3.59. The lowest BCUT2D eigenvalue weighted by Gasteiger charge is -2.34. The summed E-state index contributed by atoms with van der Waals surface area (Å²) in [6.45, 7) is 0.285. The van der Waals surface area contributed by atoms with Crippen molar-refractivity contribution in [2.45, 2.75) is 49.1 Å². The summed E-state index contributed by atoms with van der Waals surface area (Å²) < 4.78 is 48.4. The van der Waals surface area contributed by atoms with E-state index in [-0.39, 0.29) is 42.1 Å². The molecule has 1 aliphatic heterocycles. The summed E-state index contributed by atoms with van der Waals surface area (Å²) in [5.74, 6) is 0.538. The van der Waals surface area contributed by atoms with Gasteiger partial charge in [0.15, 0.2) is 0 Å². The molecule has 0 aliphatic carbocycles. The second-order valence-electron chi connectivity index (χ2n) is 10.6. The topological polar surface area (TPSA) is 121 Å². The van der Waals surface area contributed by atoms with Crippen molar-refractivity contribution < 1.29 is 27.4 Å². The van der Waals surface area contributed by atoms with Gasteiger partial charge in [-0.1, -0.05) is 42.5 Å². The fraction of sp³-hybridized carbons (Fsp3) is 0.419. The number of carbonyl (C=O) groups excluding carboxylic acids is 1. The number of methoxy groups -OCH3 is 1. The van der Waals surface area contributed by atoms with E-state index < -0.39 is 22.1 Å². The first-order chi connectivity index (χ1) is 20.3. The Balaban J connectivity index is 1.56. The molecule has 0 radical (unpaired) electrons. The lowest BCUT2D eigenvalue weighted by molar-refractivity contribution is -0.134. The number of amides is 1. The summed E-state index contributed by atoms with van der Waals surface area (Å²) in [5.41, 5.74) is 2.02. The van der Waals surface area contributed by atoms with Gasteiger partial charge in [-0.3, -0.25) is 14.2 Å². The number of halogens is 1. The van der Waals surface area contributed by atoms with Crippen LogP contribution in [0.25, 0.3) is 0 Å². The van der Waals surface area contributed by atoms with E-state index in [1.807, 2.05) is 30.3 Å². The minimum Gasteiger partial charge on any atom is -0.497 e. The third-order valence-corrected chi connectivity index (χ3v) is 9.12. The van der Waals surface area contributed by atoms with Gasteiger partial charge in [-0.05, 0) is 67.3 Å². The van der Waals surface area contributed by atoms with E-state index in [2.05, 4.69) is 15.0 Å². The van der Waals surface area contributed by atoms with Gasteiger partial charge in [0.2, 0.25) is 15.9 Å². The molecule has 42 heavy (non-hydrogen) atoms. The van der Waals surface area contributed by atoms with E-state index in [0.717, 1.165) is 11.1 Å². The largest absolute Gasteiger partial charge is 0.497 e. The number of anilines is 1. The molecule has 11 heteroatoms. The Kier molecular flexibility index (Phi) is 11.3. The molecule has 1 aromatic heterocycles. The molecule has 0 saturated carbocycles. The van der Waals surface area contributed by atoms with Crippen LogP contribution in [0.4, 0.5) is 10.1 Å². The van der Waals surface area contributed by atoms with Crippen LogP contribution in [0, 0.1) is 5.92 Å². The fourth-order valence-electron chi connectivity index (χ4n) is 5.24. The van der Waals surface area contributed by atoms with Crippen LogP contribution in [0.15, 0.2) is 78.0 Å². The quantitative estimate of drug-likeness (QED) is 0.259. The van der Waals surface area contributed by atoms with Crippen LogP contribution < -0.4 is 14.8 Å². The standard InChI is InChI=1S/C31H39FN4O5S/c1-41-27-9-7-25(8-10-27)20-29(31(38)36-17-13-23(11-15-32)14-18-36)35-42(39,40)30-21-33-16-12-28(30)34-26(22-37)19-24-5-3-2-4-6-24/h2-10,12,16,21,23,26,29,35,37H,11,13-15,17-20,22H2,1H3,(H,33,34)/t26-,29-/m0/s1. The number of ether oxygens (including phenoxy) is 1. The molecule has 2 heterocycles. The zero-order valence-corrected chi connectivity index (χ0v) is 24.6. The van der Waals surface area contributed by atoms with Crippen molar-refractivity contribution >= 4 is 21.6 Å². The van der Waals surface area contributed by atoms with Gasteiger partial charge in [-0.2, -0.15) is 4.72 Å². The maximum Gasteiger partial charge on any atom is 0.244 e. The Morgan fingerprint density at radius 1 is 1.07 bits per heavy atom. The normalized spacial score (nSPS) is 15.6. The van der Waals surface area contributed by atoms with Gasteiger partial charge in [0, 0.05) is 25.5 Å². The van der Waals surface area contributed by atoms with E-state index in [1.165, 1.54) is 18.5 Å². The second-order valence-corrected chi connectivity index (χ2v) is 12.2. The smallest absolute Gasteiger partial charge is 0.244 e. The minimum atomic E-state index is -4.23. The molecule has 0 bridgehead atoms. The Morgan fingerprint density at radius 3 is 2.40 bits per heavy atom. The Labute approximate surface area is 247 Å². The summed E-state index contributed by atoms with van der Waals surface area (Å²) in [4.78, 5) is 19.3. The number of aliphatic hydroxyl groups excluding tert-OH is 1. The molecule has 2 atom stereocenters. The van der Waals surface area contributed by atoms with Crippen molar-refractivity contribution in [1.82, 2.24) is 14.6 Å². The zero-order chi connectivity index (χ0) is 30.0. The van der Waals surface area contributed by atoms with Gasteiger partial charge in [-0.15, -0.1) is 0 Å². The van der Waals surface area contributed by atoms with Gasteiger partial charge in [-0.25, -0.2) is 8.42 Å². The van der Waals surface area contributed by atoms with Gasteiger partial charge >= 0.3 is 0 Å². The Bertz CT molecular complexity index is 1380. The second kappa shape index (κ2) is 15.1. The average Bonchev–Trinajstić information content (AvgIpc) is 3.01. The van der Waals surface area contributed by atoms with Crippen LogP contribution in [0.2, 0.25) is 0 Å². The minimum absolute atomic E-state index is 0.120.